The van der Waals surface area contributed by atoms with Gasteiger partial charge in [0, 0.05) is 18.2 Å². The zero-order valence-electron chi connectivity index (χ0n) is 12.0. The molecule has 0 aliphatic rings. The third kappa shape index (κ3) is 3.47. The van der Waals surface area contributed by atoms with Gasteiger partial charge in [-0.2, -0.15) is 0 Å². The smallest absolute Gasteiger partial charge is 0.124 e. The molecule has 1 rings (SSSR count). The molecule has 0 aliphatic heterocycles. The molecule has 0 saturated carbocycles. The molecule has 0 aromatic heterocycles. The molecule has 0 aliphatic carbocycles. The molecule has 1 atom stereocenters. The van der Waals surface area contributed by atoms with Crippen LogP contribution in [0.2, 0.25) is 0 Å². The number of aryl methyl sites for hydroxylation is 1. The van der Waals surface area contributed by atoms with Crippen LogP contribution in [0.25, 0.3) is 0 Å². The summed E-state index contributed by atoms with van der Waals surface area (Å²) in [5.41, 5.74) is 15.4. The Kier molecular flexibility index (Phi) is 5.63. The first-order chi connectivity index (χ1) is 8.51. The number of ether oxygens (including phenoxy) is 1. The van der Waals surface area contributed by atoms with Gasteiger partial charge in [-0.05, 0) is 42.5 Å². The summed E-state index contributed by atoms with van der Waals surface area (Å²) in [6.45, 7) is 9.73. The Morgan fingerprint density at radius 2 is 1.89 bits per heavy atom. The van der Waals surface area contributed by atoms with Crippen LogP contribution in [-0.2, 0) is 0 Å². The van der Waals surface area contributed by atoms with Crippen LogP contribution in [-0.4, -0.2) is 13.2 Å². The predicted octanol–water partition coefficient (Wildman–Crippen LogP) is 2.87. The normalized spacial score (nSPS) is 12.8. The molecule has 102 valence electrons. The van der Waals surface area contributed by atoms with Crippen molar-refractivity contribution in [2.75, 3.05) is 13.2 Å². The number of benzene rings is 1. The van der Waals surface area contributed by atoms with Crippen molar-refractivity contribution in [1.82, 2.24) is 0 Å². The summed E-state index contributed by atoms with van der Waals surface area (Å²) in [5, 5.41) is 0. The van der Waals surface area contributed by atoms with Crippen LogP contribution in [0.4, 0.5) is 0 Å². The highest BCUT2D eigenvalue weighted by molar-refractivity contribution is 5.45. The summed E-state index contributed by atoms with van der Waals surface area (Å²) in [6.07, 6.45) is 0.988. The zero-order valence-corrected chi connectivity index (χ0v) is 12.0. The van der Waals surface area contributed by atoms with Crippen molar-refractivity contribution in [2.45, 2.75) is 46.1 Å². The molecule has 0 radical (unpaired) electrons. The predicted molar refractivity (Wildman–Crippen MR) is 77.0 cm³/mol. The lowest BCUT2D eigenvalue weighted by Crippen LogP contribution is -2.22. The second-order valence-corrected chi connectivity index (χ2v) is 5.09. The molecule has 0 bridgehead atoms. The van der Waals surface area contributed by atoms with Gasteiger partial charge in [0.05, 0.1) is 6.61 Å². The average Bonchev–Trinajstić information content (AvgIpc) is 2.34. The van der Waals surface area contributed by atoms with E-state index in [4.69, 9.17) is 16.2 Å². The standard InChI is InChI=1S/C15H26N2O/c1-5-6-18-15-7-11(4)12(10(2)3)8-13(15)14(17)9-16/h7-8,10,14H,5-6,9,16-17H2,1-4H3. The molecule has 0 heterocycles. The summed E-state index contributed by atoms with van der Waals surface area (Å²) in [5.74, 6) is 1.37. The van der Waals surface area contributed by atoms with Crippen molar-refractivity contribution < 1.29 is 4.74 Å². The molecule has 1 aromatic carbocycles. The van der Waals surface area contributed by atoms with E-state index in [9.17, 15) is 0 Å². The summed E-state index contributed by atoms with van der Waals surface area (Å²) < 4.78 is 5.79. The van der Waals surface area contributed by atoms with Crippen LogP contribution in [0.5, 0.6) is 5.75 Å². The number of nitrogens with two attached hydrogens (primary N) is 2. The first-order valence-electron chi connectivity index (χ1n) is 6.74. The van der Waals surface area contributed by atoms with Gasteiger partial charge in [-0.15, -0.1) is 0 Å². The quantitative estimate of drug-likeness (QED) is 0.816. The van der Waals surface area contributed by atoms with Gasteiger partial charge in [0.2, 0.25) is 0 Å². The zero-order chi connectivity index (χ0) is 13.7. The van der Waals surface area contributed by atoms with Crippen molar-refractivity contribution in [3.8, 4) is 5.75 Å². The highest BCUT2D eigenvalue weighted by Gasteiger charge is 2.15. The Hall–Kier alpha value is -1.06. The van der Waals surface area contributed by atoms with Crippen LogP contribution >= 0.6 is 0 Å². The Morgan fingerprint density at radius 1 is 1.22 bits per heavy atom. The molecule has 4 N–H and O–H groups in total. The lowest BCUT2D eigenvalue weighted by molar-refractivity contribution is 0.312. The van der Waals surface area contributed by atoms with Gasteiger partial charge in [0.1, 0.15) is 5.75 Å². The maximum absolute atomic E-state index is 6.08. The van der Waals surface area contributed by atoms with E-state index >= 15 is 0 Å². The second kappa shape index (κ2) is 6.76. The maximum atomic E-state index is 6.08. The molecule has 0 fully saturated rings. The van der Waals surface area contributed by atoms with Crippen molar-refractivity contribution in [3.63, 3.8) is 0 Å². The molecule has 0 spiro atoms. The fourth-order valence-electron chi connectivity index (χ4n) is 2.09. The number of rotatable bonds is 6. The van der Waals surface area contributed by atoms with Crippen molar-refractivity contribution in [2.24, 2.45) is 11.5 Å². The second-order valence-electron chi connectivity index (χ2n) is 5.09. The molecule has 0 amide bonds. The van der Waals surface area contributed by atoms with E-state index < -0.39 is 0 Å². The van der Waals surface area contributed by atoms with E-state index in [2.05, 4.69) is 39.8 Å². The summed E-state index contributed by atoms with van der Waals surface area (Å²) in [7, 11) is 0. The lowest BCUT2D eigenvalue weighted by Gasteiger charge is -2.20. The molecule has 18 heavy (non-hydrogen) atoms. The Balaban J connectivity index is 3.19. The minimum atomic E-state index is -0.157. The van der Waals surface area contributed by atoms with Crippen molar-refractivity contribution >= 4 is 0 Å². The van der Waals surface area contributed by atoms with E-state index in [-0.39, 0.29) is 6.04 Å². The molecular weight excluding hydrogens is 224 g/mol. The van der Waals surface area contributed by atoms with Gasteiger partial charge in [0.15, 0.2) is 0 Å². The molecule has 3 heteroatoms. The maximum Gasteiger partial charge on any atom is 0.124 e. The van der Waals surface area contributed by atoms with Crippen molar-refractivity contribution in [1.29, 1.82) is 0 Å². The van der Waals surface area contributed by atoms with Gasteiger partial charge >= 0.3 is 0 Å². The third-order valence-corrected chi connectivity index (χ3v) is 3.14. The Morgan fingerprint density at radius 3 is 2.39 bits per heavy atom. The Bertz CT molecular complexity index is 388. The molecular formula is C15H26N2O. The summed E-state index contributed by atoms with van der Waals surface area (Å²) >= 11 is 0. The van der Waals surface area contributed by atoms with Gasteiger partial charge < -0.3 is 16.2 Å². The summed E-state index contributed by atoms with van der Waals surface area (Å²) in [6, 6.07) is 4.09. The highest BCUT2D eigenvalue weighted by Crippen LogP contribution is 2.31. The monoisotopic (exact) mass is 250 g/mol. The first-order valence-corrected chi connectivity index (χ1v) is 6.74. The number of hydrogen-bond acceptors (Lipinski definition) is 3. The first kappa shape index (κ1) is 15.0. The topological polar surface area (TPSA) is 61.3 Å². The SMILES string of the molecule is CCCOc1cc(C)c(C(C)C)cc1C(N)CN. The van der Waals surface area contributed by atoms with E-state index in [0.717, 1.165) is 17.7 Å². The summed E-state index contributed by atoms with van der Waals surface area (Å²) in [4.78, 5) is 0. The van der Waals surface area contributed by atoms with E-state index in [0.29, 0.717) is 19.1 Å². The fourth-order valence-corrected chi connectivity index (χ4v) is 2.09. The lowest BCUT2D eigenvalue weighted by atomic mass is 9.93. The molecule has 0 saturated heterocycles. The third-order valence-electron chi connectivity index (χ3n) is 3.14. The Labute approximate surface area is 111 Å². The molecule has 3 nitrogen and oxygen atoms in total. The van der Waals surface area contributed by atoms with Crippen LogP contribution in [0.1, 0.15) is 55.8 Å². The largest absolute Gasteiger partial charge is 0.493 e. The van der Waals surface area contributed by atoms with E-state index in [1.807, 2.05) is 0 Å². The van der Waals surface area contributed by atoms with Gasteiger partial charge in [0.25, 0.3) is 0 Å². The van der Waals surface area contributed by atoms with Gasteiger partial charge in [-0.3, -0.25) is 0 Å². The molecule has 1 unspecified atom stereocenters. The fraction of sp³-hybridized carbons (Fsp3) is 0.600. The van der Waals surface area contributed by atoms with Crippen LogP contribution in [0.15, 0.2) is 12.1 Å². The van der Waals surface area contributed by atoms with E-state index in [1.54, 1.807) is 0 Å². The van der Waals surface area contributed by atoms with Crippen LogP contribution < -0.4 is 16.2 Å². The van der Waals surface area contributed by atoms with Gasteiger partial charge in [-0.1, -0.05) is 20.8 Å². The average molecular weight is 250 g/mol. The minimum Gasteiger partial charge on any atom is -0.493 e. The molecule has 1 aromatic rings. The van der Waals surface area contributed by atoms with Crippen LogP contribution in [0.3, 0.4) is 0 Å². The van der Waals surface area contributed by atoms with Crippen molar-refractivity contribution in [3.05, 3.63) is 28.8 Å². The van der Waals surface area contributed by atoms with Crippen LogP contribution in [0, 0.1) is 6.92 Å². The van der Waals surface area contributed by atoms with Gasteiger partial charge in [-0.25, -0.2) is 0 Å². The number of hydrogen-bond donors (Lipinski definition) is 2. The minimum absolute atomic E-state index is 0.157. The van der Waals surface area contributed by atoms with E-state index in [1.165, 1.54) is 11.1 Å². The highest BCUT2D eigenvalue weighted by atomic mass is 16.5.